The minimum Gasteiger partial charge on any atom is -0.481 e. The van der Waals surface area contributed by atoms with Crippen LogP contribution in [0.3, 0.4) is 0 Å². The quantitative estimate of drug-likeness (QED) is 0.593. The molecule has 1 aromatic rings. The van der Waals surface area contributed by atoms with Crippen LogP contribution in [-0.2, 0) is 9.59 Å². The molecule has 1 aliphatic carbocycles. The number of carbonyl (C=O) groups is 2. The van der Waals surface area contributed by atoms with Crippen LogP contribution in [-0.4, -0.2) is 17.0 Å². The van der Waals surface area contributed by atoms with Gasteiger partial charge in [-0.05, 0) is 12.1 Å². The Bertz CT molecular complexity index is 551. The first-order valence-corrected chi connectivity index (χ1v) is 4.94. The number of rotatable bonds is 1. The van der Waals surface area contributed by atoms with Crippen LogP contribution in [0.4, 0.5) is 8.78 Å². The highest BCUT2D eigenvalue weighted by Gasteiger charge is 2.65. The predicted octanol–water partition coefficient (Wildman–Crippen LogP) is 1.30. The second kappa shape index (κ2) is 3.03. The van der Waals surface area contributed by atoms with E-state index in [0.717, 1.165) is 12.1 Å². The smallest absolute Gasteiger partial charge is 0.316 e. The number of carbonyl (C=O) groups excluding carboxylic acids is 1. The first kappa shape index (κ1) is 10.2. The van der Waals surface area contributed by atoms with Gasteiger partial charge in [-0.2, -0.15) is 0 Å². The Morgan fingerprint density at radius 3 is 2.53 bits per heavy atom. The first-order chi connectivity index (χ1) is 8.02. The van der Waals surface area contributed by atoms with Crippen LogP contribution in [0.15, 0.2) is 12.1 Å². The third-order valence-electron chi connectivity index (χ3n) is 3.21. The fraction of sp³-hybridized carbons (Fsp3) is 0.273. The van der Waals surface area contributed by atoms with Crippen LogP contribution in [0.5, 0.6) is 5.75 Å². The zero-order valence-corrected chi connectivity index (χ0v) is 8.31. The van der Waals surface area contributed by atoms with E-state index in [2.05, 4.69) is 4.74 Å². The third-order valence-corrected chi connectivity index (χ3v) is 3.21. The number of ether oxygens (including phenoxy) is 1. The highest BCUT2D eigenvalue weighted by molar-refractivity contribution is 5.92. The number of benzene rings is 1. The minimum atomic E-state index is -1.20. The average Bonchev–Trinajstić information content (AvgIpc) is 2.99. The molecular formula is C11H6F2O4. The molecule has 1 aromatic carbocycles. The summed E-state index contributed by atoms with van der Waals surface area (Å²) in [5, 5.41) is 8.86. The first-order valence-electron chi connectivity index (χ1n) is 4.94. The van der Waals surface area contributed by atoms with Gasteiger partial charge in [-0.25, -0.2) is 8.78 Å². The van der Waals surface area contributed by atoms with E-state index >= 15 is 0 Å². The van der Waals surface area contributed by atoms with Crippen molar-refractivity contribution in [2.45, 2.75) is 5.92 Å². The maximum atomic E-state index is 13.5. The Morgan fingerprint density at radius 1 is 1.24 bits per heavy atom. The largest absolute Gasteiger partial charge is 0.481 e. The maximum absolute atomic E-state index is 13.5. The van der Waals surface area contributed by atoms with Gasteiger partial charge < -0.3 is 9.84 Å². The number of carboxylic acid groups (broad SMARTS) is 1. The van der Waals surface area contributed by atoms with E-state index in [1.54, 1.807) is 0 Å². The van der Waals surface area contributed by atoms with Crippen molar-refractivity contribution in [3.63, 3.8) is 0 Å². The summed E-state index contributed by atoms with van der Waals surface area (Å²) in [5.41, 5.74) is -0.137. The summed E-state index contributed by atoms with van der Waals surface area (Å²) in [7, 11) is 0. The molecule has 3 unspecified atom stereocenters. The second-order valence-electron chi connectivity index (χ2n) is 4.11. The SMILES string of the molecule is O=C(O)C1C2C(=O)Oc3c(F)ccc(F)c3C12. The van der Waals surface area contributed by atoms with Crippen molar-refractivity contribution in [3.8, 4) is 5.75 Å². The molecule has 6 heteroatoms. The lowest BCUT2D eigenvalue weighted by molar-refractivity contribution is -0.143. The van der Waals surface area contributed by atoms with Crippen LogP contribution < -0.4 is 4.74 Å². The van der Waals surface area contributed by atoms with Crippen molar-refractivity contribution in [1.82, 2.24) is 0 Å². The van der Waals surface area contributed by atoms with Gasteiger partial charge in [0.1, 0.15) is 5.82 Å². The number of esters is 1. The van der Waals surface area contributed by atoms with E-state index in [1.165, 1.54) is 0 Å². The van der Waals surface area contributed by atoms with Gasteiger partial charge in [-0.1, -0.05) is 0 Å². The number of halogens is 2. The number of carboxylic acids is 1. The summed E-state index contributed by atoms with van der Waals surface area (Å²) in [6, 6.07) is 1.75. The lowest BCUT2D eigenvalue weighted by Gasteiger charge is -2.15. The van der Waals surface area contributed by atoms with Crippen LogP contribution in [0.1, 0.15) is 11.5 Å². The van der Waals surface area contributed by atoms with Gasteiger partial charge in [0, 0.05) is 11.5 Å². The van der Waals surface area contributed by atoms with Gasteiger partial charge >= 0.3 is 11.9 Å². The van der Waals surface area contributed by atoms with Gasteiger partial charge in [0.25, 0.3) is 0 Å². The highest BCUT2D eigenvalue weighted by Crippen LogP contribution is 2.60. The van der Waals surface area contributed by atoms with Crippen molar-refractivity contribution in [3.05, 3.63) is 29.3 Å². The molecular weight excluding hydrogens is 234 g/mol. The van der Waals surface area contributed by atoms with E-state index in [9.17, 15) is 18.4 Å². The molecule has 1 aliphatic heterocycles. The zero-order chi connectivity index (χ0) is 12.3. The fourth-order valence-corrected chi connectivity index (χ4v) is 2.40. The Kier molecular flexibility index (Phi) is 1.81. The van der Waals surface area contributed by atoms with E-state index in [-0.39, 0.29) is 5.56 Å². The van der Waals surface area contributed by atoms with Crippen molar-refractivity contribution in [2.24, 2.45) is 11.8 Å². The summed E-state index contributed by atoms with van der Waals surface area (Å²) < 4.78 is 31.6. The van der Waals surface area contributed by atoms with Gasteiger partial charge in [0.05, 0.1) is 11.8 Å². The Hall–Kier alpha value is -1.98. The normalized spacial score (nSPS) is 29.1. The lowest BCUT2D eigenvalue weighted by Crippen LogP contribution is -2.19. The number of aliphatic carboxylic acids is 1. The molecule has 0 saturated heterocycles. The van der Waals surface area contributed by atoms with Crippen LogP contribution in [0.25, 0.3) is 0 Å². The number of fused-ring (bicyclic) bond motifs is 3. The standard InChI is InChI=1S/C11H6F2O4/c12-3-1-2-4(13)9-5(3)6-7(10(14)15)8(6)11(16)17-9/h1-2,6-8H,(H,14,15). The van der Waals surface area contributed by atoms with Crippen LogP contribution >= 0.6 is 0 Å². The predicted molar refractivity (Wildman–Crippen MR) is 49.3 cm³/mol. The van der Waals surface area contributed by atoms with Gasteiger partial charge in [-0.3, -0.25) is 9.59 Å². The Balaban J connectivity index is 2.17. The summed E-state index contributed by atoms with van der Waals surface area (Å²) in [6.45, 7) is 0. The summed E-state index contributed by atoms with van der Waals surface area (Å²) in [4.78, 5) is 22.3. The molecule has 0 bridgehead atoms. The van der Waals surface area contributed by atoms with E-state index in [1.807, 2.05) is 0 Å². The molecule has 3 rings (SSSR count). The van der Waals surface area contributed by atoms with Crippen molar-refractivity contribution in [2.75, 3.05) is 0 Å². The molecule has 0 aromatic heterocycles. The molecule has 3 atom stereocenters. The van der Waals surface area contributed by atoms with E-state index in [4.69, 9.17) is 5.11 Å². The lowest BCUT2D eigenvalue weighted by atomic mass is 10.0. The topological polar surface area (TPSA) is 63.6 Å². The molecule has 0 spiro atoms. The van der Waals surface area contributed by atoms with Crippen LogP contribution in [0.2, 0.25) is 0 Å². The zero-order valence-electron chi connectivity index (χ0n) is 8.31. The molecule has 2 aliphatic rings. The second-order valence-corrected chi connectivity index (χ2v) is 4.11. The van der Waals surface area contributed by atoms with Crippen molar-refractivity contribution in [1.29, 1.82) is 0 Å². The molecule has 1 N–H and O–H groups in total. The Morgan fingerprint density at radius 2 is 1.88 bits per heavy atom. The molecule has 0 radical (unpaired) electrons. The monoisotopic (exact) mass is 240 g/mol. The van der Waals surface area contributed by atoms with Gasteiger partial charge in [0.2, 0.25) is 0 Å². The highest BCUT2D eigenvalue weighted by atomic mass is 19.1. The van der Waals surface area contributed by atoms with Crippen molar-refractivity contribution >= 4 is 11.9 Å². The Labute approximate surface area is 93.8 Å². The average molecular weight is 240 g/mol. The number of hydrogen-bond acceptors (Lipinski definition) is 3. The van der Waals surface area contributed by atoms with E-state index < -0.39 is 47.1 Å². The maximum Gasteiger partial charge on any atom is 0.316 e. The third kappa shape index (κ3) is 1.20. The fourth-order valence-electron chi connectivity index (χ4n) is 2.40. The summed E-state index contributed by atoms with van der Waals surface area (Å²) in [6.07, 6.45) is 0. The molecule has 1 heterocycles. The van der Waals surface area contributed by atoms with E-state index in [0.29, 0.717) is 0 Å². The molecule has 1 fully saturated rings. The van der Waals surface area contributed by atoms with Crippen molar-refractivity contribution < 1.29 is 28.2 Å². The van der Waals surface area contributed by atoms with Crippen LogP contribution in [0, 0.1) is 23.5 Å². The minimum absolute atomic E-state index is 0.137. The van der Waals surface area contributed by atoms with Gasteiger partial charge in [-0.15, -0.1) is 0 Å². The summed E-state index contributed by atoms with van der Waals surface area (Å²) in [5.74, 6) is -6.79. The molecule has 4 nitrogen and oxygen atoms in total. The summed E-state index contributed by atoms with van der Waals surface area (Å²) >= 11 is 0. The number of hydrogen-bond donors (Lipinski definition) is 1. The molecule has 1 saturated carbocycles. The molecule has 88 valence electrons. The van der Waals surface area contributed by atoms with Gasteiger partial charge in [0.15, 0.2) is 11.6 Å². The molecule has 0 amide bonds. The molecule has 17 heavy (non-hydrogen) atoms.